The van der Waals surface area contributed by atoms with Gasteiger partial charge >= 0.3 is 0 Å². The molecule has 0 bridgehead atoms. The molecule has 0 aliphatic rings. The summed E-state index contributed by atoms with van der Waals surface area (Å²) in [6.07, 6.45) is -0.601. The number of amides is 1. The van der Waals surface area contributed by atoms with Crippen molar-refractivity contribution >= 4 is 17.2 Å². The van der Waals surface area contributed by atoms with E-state index in [0.717, 1.165) is 4.88 Å². The van der Waals surface area contributed by atoms with Crippen molar-refractivity contribution in [2.45, 2.75) is 26.9 Å². The van der Waals surface area contributed by atoms with E-state index < -0.39 is 11.5 Å². The summed E-state index contributed by atoms with van der Waals surface area (Å²) in [5.41, 5.74) is -0.408. The molecule has 0 radical (unpaired) electrons. The van der Waals surface area contributed by atoms with Gasteiger partial charge in [-0.1, -0.05) is 26.8 Å². The average molecular weight is 227 g/mol. The highest BCUT2D eigenvalue weighted by Gasteiger charge is 2.21. The summed E-state index contributed by atoms with van der Waals surface area (Å²) in [4.78, 5) is 12.4. The van der Waals surface area contributed by atoms with Crippen LogP contribution in [0.2, 0.25) is 0 Å². The van der Waals surface area contributed by atoms with E-state index in [2.05, 4.69) is 5.32 Å². The second-order valence-electron chi connectivity index (χ2n) is 4.49. The zero-order chi connectivity index (χ0) is 11.5. The van der Waals surface area contributed by atoms with Gasteiger partial charge in [-0.3, -0.25) is 4.79 Å². The Morgan fingerprint density at radius 2 is 2.27 bits per heavy atom. The van der Waals surface area contributed by atoms with Gasteiger partial charge < -0.3 is 10.4 Å². The van der Waals surface area contributed by atoms with E-state index >= 15 is 0 Å². The molecule has 1 atom stereocenters. The summed E-state index contributed by atoms with van der Waals surface area (Å²) < 4.78 is 0. The molecule has 0 spiro atoms. The largest absolute Gasteiger partial charge is 0.386 e. The predicted molar refractivity (Wildman–Crippen MR) is 61.7 cm³/mol. The Kier molecular flexibility index (Phi) is 3.88. The number of rotatable bonds is 3. The van der Waals surface area contributed by atoms with Crippen LogP contribution in [0.1, 0.15) is 31.8 Å². The van der Waals surface area contributed by atoms with Crippen LogP contribution in [-0.4, -0.2) is 17.6 Å². The molecule has 0 saturated heterocycles. The monoisotopic (exact) mass is 227 g/mol. The smallest absolute Gasteiger partial charge is 0.225 e. The Labute approximate surface area is 94.1 Å². The van der Waals surface area contributed by atoms with Gasteiger partial charge in [-0.15, -0.1) is 11.3 Å². The summed E-state index contributed by atoms with van der Waals surface area (Å²) in [7, 11) is 0. The lowest BCUT2D eigenvalue weighted by molar-refractivity contribution is -0.128. The lowest BCUT2D eigenvalue weighted by Crippen LogP contribution is -2.37. The minimum Gasteiger partial charge on any atom is -0.386 e. The number of carbonyl (C=O) groups excluding carboxylic acids is 1. The van der Waals surface area contributed by atoms with Crippen molar-refractivity contribution in [1.82, 2.24) is 5.32 Å². The highest BCUT2D eigenvalue weighted by molar-refractivity contribution is 7.10. The third kappa shape index (κ3) is 3.64. The minimum absolute atomic E-state index is 0.0434. The molecule has 4 heteroatoms. The fourth-order valence-electron chi connectivity index (χ4n) is 1.04. The molecule has 1 heterocycles. The van der Waals surface area contributed by atoms with Crippen molar-refractivity contribution in [3.8, 4) is 0 Å². The molecular formula is C11H17NO2S. The van der Waals surface area contributed by atoms with Gasteiger partial charge in [0.1, 0.15) is 6.10 Å². The molecule has 0 fully saturated rings. The van der Waals surface area contributed by atoms with Gasteiger partial charge in [0, 0.05) is 16.8 Å². The predicted octanol–water partition coefficient (Wildman–Crippen LogP) is 1.94. The molecule has 0 aromatic carbocycles. The zero-order valence-corrected chi connectivity index (χ0v) is 10.1. The summed E-state index contributed by atoms with van der Waals surface area (Å²) in [5.74, 6) is -0.0434. The quantitative estimate of drug-likeness (QED) is 0.829. The lowest BCUT2D eigenvalue weighted by atomic mass is 9.96. The normalized spacial score (nSPS) is 13.6. The SMILES string of the molecule is CC(C)(C)C(=O)NCC(O)c1cccs1. The molecule has 15 heavy (non-hydrogen) atoms. The second kappa shape index (κ2) is 4.77. The molecule has 1 unspecified atom stereocenters. The fraction of sp³-hybridized carbons (Fsp3) is 0.545. The number of hydrogen-bond acceptors (Lipinski definition) is 3. The van der Waals surface area contributed by atoms with Crippen LogP contribution in [-0.2, 0) is 4.79 Å². The minimum atomic E-state index is -0.601. The van der Waals surface area contributed by atoms with E-state index in [1.807, 2.05) is 38.3 Å². The number of nitrogens with one attached hydrogen (secondary N) is 1. The number of carbonyl (C=O) groups is 1. The van der Waals surface area contributed by atoms with E-state index in [0.29, 0.717) is 0 Å². The third-order valence-corrected chi connectivity index (χ3v) is 2.98. The number of hydrogen-bond donors (Lipinski definition) is 2. The van der Waals surface area contributed by atoms with Crippen LogP contribution in [0.4, 0.5) is 0 Å². The Hall–Kier alpha value is -0.870. The molecule has 2 N–H and O–H groups in total. The van der Waals surface area contributed by atoms with Gasteiger partial charge in [-0.2, -0.15) is 0 Å². The van der Waals surface area contributed by atoms with E-state index in [-0.39, 0.29) is 12.5 Å². The first-order valence-electron chi connectivity index (χ1n) is 4.91. The van der Waals surface area contributed by atoms with Crippen molar-refractivity contribution in [2.75, 3.05) is 6.54 Å². The van der Waals surface area contributed by atoms with Crippen LogP contribution >= 0.6 is 11.3 Å². The molecule has 1 rings (SSSR count). The third-order valence-electron chi connectivity index (χ3n) is 2.01. The maximum Gasteiger partial charge on any atom is 0.225 e. The van der Waals surface area contributed by atoms with Crippen LogP contribution in [0.5, 0.6) is 0 Å². The summed E-state index contributed by atoms with van der Waals surface area (Å²) in [5, 5.41) is 14.4. The Bertz CT molecular complexity index is 314. The van der Waals surface area contributed by atoms with E-state index in [9.17, 15) is 9.90 Å². The average Bonchev–Trinajstić information content (AvgIpc) is 2.64. The van der Waals surface area contributed by atoms with Crippen LogP contribution in [0, 0.1) is 5.41 Å². The molecule has 3 nitrogen and oxygen atoms in total. The summed E-state index contributed by atoms with van der Waals surface area (Å²) in [6, 6.07) is 3.74. The molecule has 1 aromatic rings. The van der Waals surface area contributed by atoms with Gasteiger partial charge in [-0.05, 0) is 11.4 Å². The van der Waals surface area contributed by atoms with E-state index in [1.54, 1.807) is 0 Å². The molecular weight excluding hydrogens is 210 g/mol. The summed E-state index contributed by atoms with van der Waals surface area (Å²) >= 11 is 1.49. The Morgan fingerprint density at radius 1 is 1.60 bits per heavy atom. The van der Waals surface area contributed by atoms with Crippen LogP contribution in [0.15, 0.2) is 17.5 Å². The maximum absolute atomic E-state index is 11.5. The first-order chi connectivity index (χ1) is 6.91. The molecule has 84 valence electrons. The molecule has 0 saturated carbocycles. The van der Waals surface area contributed by atoms with E-state index in [4.69, 9.17) is 0 Å². The highest BCUT2D eigenvalue weighted by Crippen LogP contribution is 2.18. The Balaban J connectivity index is 2.42. The van der Waals surface area contributed by atoms with Crippen molar-refractivity contribution in [3.63, 3.8) is 0 Å². The summed E-state index contributed by atoms with van der Waals surface area (Å²) in [6.45, 7) is 5.82. The highest BCUT2D eigenvalue weighted by atomic mass is 32.1. The van der Waals surface area contributed by atoms with Gasteiger partial charge in [0.15, 0.2) is 0 Å². The zero-order valence-electron chi connectivity index (χ0n) is 9.28. The van der Waals surface area contributed by atoms with Crippen molar-refractivity contribution in [2.24, 2.45) is 5.41 Å². The van der Waals surface area contributed by atoms with Gasteiger partial charge in [-0.25, -0.2) is 0 Å². The van der Waals surface area contributed by atoms with Crippen LogP contribution in [0.3, 0.4) is 0 Å². The van der Waals surface area contributed by atoms with Crippen LogP contribution in [0.25, 0.3) is 0 Å². The molecule has 0 aliphatic carbocycles. The van der Waals surface area contributed by atoms with Crippen molar-refractivity contribution in [3.05, 3.63) is 22.4 Å². The van der Waals surface area contributed by atoms with Gasteiger partial charge in [0.05, 0.1) is 0 Å². The first kappa shape index (κ1) is 12.2. The standard InChI is InChI=1S/C11H17NO2S/c1-11(2,3)10(14)12-7-8(13)9-5-4-6-15-9/h4-6,8,13H,7H2,1-3H3,(H,12,14). The molecule has 1 aromatic heterocycles. The second-order valence-corrected chi connectivity index (χ2v) is 5.47. The maximum atomic E-state index is 11.5. The number of thiophene rings is 1. The number of aliphatic hydroxyl groups excluding tert-OH is 1. The first-order valence-corrected chi connectivity index (χ1v) is 5.79. The topological polar surface area (TPSA) is 49.3 Å². The number of aliphatic hydroxyl groups is 1. The van der Waals surface area contributed by atoms with Gasteiger partial charge in [0.25, 0.3) is 0 Å². The fourth-order valence-corrected chi connectivity index (χ4v) is 1.75. The lowest BCUT2D eigenvalue weighted by Gasteiger charge is -2.19. The van der Waals surface area contributed by atoms with Crippen LogP contribution < -0.4 is 5.32 Å². The van der Waals surface area contributed by atoms with E-state index in [1.165, 1.54) is 11.3 Å². The van der Waals surface area contributed by atoms with Crippen molar-refractivity contribution in [1.29, 1.82) is 0 Å². The molecule has 0 aliphatic heterocycles. The van der Waals surface area contributed by atoms with Crippen molar-refractivity contribution < 1.29 is 9.90 Å². The Morgan fingerprint density at radius 3 is 2.73 bits per heavy atom. The molecule has 1 amide bonds. The van der Waals surface area contributed by atoms with Gasteiger partial charge in [0.2, 0.25) is 5.91 Å².